The highest BCUT2D eigenvalue weighted by Crippen LogP contribution is 2.27. The van der Waals surface area contributed by atoms with Gasteiger partial charge in [0.2, 0.25) is 0 Å². The molecule has 3 N–H and O–H groups in total. The molecule has 0 aliphatic heterocycles. The van der Waals surface area contributed by atoms with Gasteiger partial charge in [0, 0.05) is 12.6 Å². The van der Waals surface area contributed by atoms with E-state index < -0.39 is 6.10 Å². The van der Waals surface area contributed by atoms with Crippen molar-refractivity contribution >= 4 is 5.96 Å². The lowest BCUT2D eigenvalue weighted by Gasteiger charge is -2.19. The molecule has 2 aromatic carbocycles. The van der Waals surface area contributed by atoms with Crippen LogP contribution in [0.15, 0.2) is 47.5 Å². The van der Waals surface area contributed by atoms with E-state index in [0.29, 0.717) is 47.6 Å². The Labute approximate surface area is 184 Å². The summed E-state index contributed by atoms with van der Waals surface area (Å²) in [6, 6.07) is 12.8. The largest absolute Gasteiger partial charge is 0.497 e. The molecule has 170 valence electrons. The quantitative estimate of drug-likeness (QED) is 0.372. The number of nitrogens with zero attached hydrogens (tertiary/aromatic N) is 1. The molecule has 0 amide bonds. The van der Waals surface area contributed by atoms with Crippen molar-refractivity contribution in [2.45, 2.75) is 26.1 Å². The molecule has 0 aromatic heterocycles. The Balaban J connectivity index is 1.98. The second-order valence-electron chi connectivity index (χ2n) is 6.84. The number of benzene rings is 2. The van der Waals surface area contributed by atoms with Crippen LogP contribution < -0.4 is 29.6 Å². The minimum atomic E-state index is -0.804. The number of aliphatic hydroxyl groups excluding tert-OH is 1. The summed E-state index contributed by atoms with van der Waals surface area (Å²) >= 11 is 0. The zero-order valence-corrected chi connectivity index (χ0v) is 18.8. The van der Waals surface area contributed by atoms with E-state index in [4.69, 9.17) is 18.9 Å². The highest BCUT2D eigenvalue weighted by Gasteiger charge is 2.13. The standard InChI is InChI=1S/C23H33N3O5/c1-6-24-23(25-14-16(2)31-22-10-8-7-9-21(22)30-5)26-15-20(27)17-11-18(28-3)13-19(12-17)29-4/h7-13,16,20,27H,6,14-15H2,1-5H3,(H2,24,25,26). The topological polar surface area (TPSA) is 93.6 Å². The van der Waals surface area contributed by atoms with Crippen LogP contribution in [-0.2, 0) is 0 Å². The maximum atomic E-state index is 10.6. The van der Waals surface area contributed by atoms with Gasteiger partial charge in [-0.3, -0.25) is 4.99 Å². The van der Waals surface area contributed by atoms with Crippen LogP contribution in [0.5, 0.6) is 23.0 Å². The maximum Gasteiger partial charge on any atom is 0.191 e. The van der Waals surface area contributed by atoms with Crippen molar-refractivity contribution in [2.24, 2.45) is 4.99 Å². The molecule has 2 aromatic rings. The predicted octanol–water partition coefficient (Wildman–Crippen LogP) is 2.77. The van der Waals surface area contributed by atoms with Crippen LogP contribution in [0.25, 0.3) is 0 Å². The number of guanidine groups is 1. The van der Waals surface area contributed by atoms with Crippen LogP contribution in [0, 0.1) is 0 Å². The first-order valence-corrected chi connectivity index (χ1v) is 10.2. The van der Waals surface area contributed by atoms with Gasteiger partial charge in [-0.2, -0.15) is 0 Å². The van der Waals surface area contributed by atoms with Gasteiger partial charge in [-0.15, -0.1) is 0 Å². The van der Waals surface area contributed by atoms with E-state index in [0.717, 1.165) is 0 Å². The zero-order chi connectivity index (χ0) is 22.6. The lowest BCUT2D eigenvalue weighted by molar-refractivity contribution is 0.186. The number of ether oxygens (including phenoxy) is 4. The first kappa shape index (κ1) is 24.1. The van der Waals surface area contributed by atoms with Gasteiger partial charge >= 0.3 is 0 Å². The highest BCUT2D eigenvalue weighted by molar-refractivity contribution is 5.79. The third-order valence-electron chi connectivity index (χ3n) is 4.48. The molecule has 2 atom stereocenters. The van der Waals surface area contributed by atoms with Gasteiger partial charge in [0.25, 0.3) is 0 Å². The molecule has 0 heterocycles. The summed E-state index contributed by atoms with van der Waals surface area (Å²) in [5, 5.41) is 17.0. The van der Waals surface area contributed by atoms with Gasteiger partial charge < -0.3 is 34.7 Å². The number of hydrogen-bond donors (Lipinski definition) is 3. The second kappa shape index (κ2) is 12.5. The van der Waals surface area contributed by atoms with E-state index in [1.165, 1.54) is 0 Å². The van der Waals surface area contributed by atoms with E-state index in [2.05, 4.69) is 15.6 Å². The van der Waals surface area contributed by atoms with E-state index in [-0.39, 0.29) is 12.6 Å². The molecule has 31 heavy (non-hydrogen) atoms. The molecule has 0 bridgehead atoms. The van der Waals surface area contributed by atoms with Gasteiger partial charge in [-0.25, -0.2) is 0 Å². The summed E-state index contributed by atoms with van der Waals surface area (Å²) in [7, 11) is 4.76. The number of rotatable bonds is 11. The molecular weight excluding hydrogens is 398 g/mol. The Morgan fingerprint density at radius 2 is 1.61 bits per heavy atom. The molecule has 0 fully saturated rings. The van der Waals surface area contributed by atoms with Crippen molar-refractivity contribution < 1.29 is 24.1 Å². The third-order valence-corrected chi connectivity index (χ3v) is 4.48. The summed E-state index contributed by atoms with van der Waals surface area (Å²) < 4.78 is 21.8. The van der Waals surface area contributed by atoms with Crippen LogP contribution in [0.1, 0.15) is 25.5 Å². The van der Waals surface area contributed by atoms with E-state index in [9.17, 15) is 5.11 Å². The number of nitrogens with one attached hydrogen (secondary N) is 2. The minimum Gasteiger partial charge on any atom is -0.497 e. The fraction of sp³-hybridized carbons (Fsp3) is 0.435. The zero-order valence-electron chi connectivity index (χ0n) is 18.8. The lowest BCUT2D eigenvalue weighted by atomic mass is 10.1. The van der Waals surface area contributed by atoms with E-state index in [1.54, 1.807) is 39.5 Å². The van der Waals surface area contributed by atoms with E-state index in [1.807, 2.05) is 38.1 Å². The molecule has 0 aliphatic rings. The second-order valence-corrected chi connectivity index (χ2v) is 6.84. The Kier molecular flexibility index (Phi) is 9.77. The van der Waals surface area contributed by atoms with Crippen LogP contribution in [0.2, 0.25) is 0 Å². The van der Waals surface area contributed by atoms with Gasteiger partial charge in [0.1, 0.15) is 17.6 Å². The average Bonchev–Trinajstić information content (AvgIpc) is 2.80. The number of para-hydroxylation sites is 2. The summed E-state index contributed by atoms with van der Waals surface area (Å²) in [6.07, 6.45) is -0.936. The van der Waals surface area contributed by atoms with Crippen molar-refractivity contribution in [3.63, 3.8) is 0 Å². The van der Waals surface area contributed by atoms with E-state index >= 15 is 0 Å². The third kappa shape index (κ3) is 7.57. The molecule has 2 unspecified atom stereocenters. The van der Waals surface area contributed by atoms with Crippen molar-refractivity contribution in [1.29, 1.82) is 0 Å². The Bertz CT molecular complexity index is 821. The van der Waals surface area contributed by atoms with Crippen LogP contribution >= 0.6 is 0 Å². The predicted molar refractivity (Wildman–Crippen MR) is 122 cm³/mol. The lowest BCUT2D eigenvalue weighted by Crippen LogP contribution is -2.42. The molecule has 0 radical (unpaired) electrons. The molecule has 2 rings (SSSR count). The van der Waals surface area contributed by atoms with Crippen molar-refractivity contribution in [1.82, 2.24) is 10.6 Å². The molecule has 8 nitrogen and oxygen atoms in total. The van der Waals surface area contributed by atoms with Gasteiger partial charge in [-0.05, 0) is 43.7 Å². The van der Waals surface area contributed by atoms with Crippen molar-refractivity contribution in [2.75, 3.05) is 41.0 Å². The molecule has 0 saturated heterocycles. The molecule has 0 spiro atoms. The number of hydrogen-bond acceptors (Lipinski definition) is 6. The summed E-state index contributed by atoms with van der Waals surface area (Å²) in [5.74, 6) is 3.19. The first-order valence-electron chi connectivity index (χ1n) is 10.2. The number of aliphatic imine (C=N–C) groups is 1. The summed E-state index contributed by atoms with van der Waals surface area (Å²) in [5.41, 5.74) is 0.670. The molecule has 0 aliphatic carbocycles. The summed E-state index contributed by atoms with van der Waals surface area (Å²) in [4.78, 5) is 4.50. The first-order chi connectivity index (χ1) is 15.0. The monoisotopic (exact) mass is 431 g/mol. The highest BCUT2D eigenvalue weighted by atomic mass is 16.5. The van der Waals surface area contributed by atoms with Crippen molar-refractivity contribution in [3.8, 4) is 23.0 Å². The molecule has 0 saturated carbocycles. The van der Waals surface area contributed by atoms with Gasteiger partial charge in [0.15, 0.2) is 17.5 Å². The Morgan fingerprint density at radius 1 is 0.968 bits per heavy atom. The minimum absolute atomic E-state index is 0.132. The fourth-order valence-corrected chi connectivity index (χ4v) is 2.86. The smallest absolute Gasteiger partial charge is 0.191 e. The summed E-state index contributed by atoms with van der Waals surface area (Å²) in [6.45, 7) is 5.33. The Morgan fingerprint density at radius 3 is 2.19 bits per heavy atom. The molecule has 8 heteroatoms. The van der Waals surface area contributed by atoms with Crippen LogP contribution in [0.4, 0.5) is 0 Å². The van der Waals surface area contributed by atoms with Crippen LogP contribution in [0.3, 0.4) is 0 Å². The number of aliphatic hydroxyl groups is 1. The van der Waals surface area contributed by atoms with Crippen LogP contribution in [-0.4, -0.2) is 58.1 Å². The normalized spacial score (nSPS) is 13.2. The maximum absolute atomic E-state index is 10.6. The van der Waals surface area contributed by atoms with Crippen molar-refractivity contribution in [3.05, 3.63) is 48.0 Å². The number of methoxy groups -OCH3 is 3. The average molecular weight is 432 g/mol. The van der Waals surface area contributed by atoms with Gasteiger partial charge in [-0.1, -0.05) is 12.1 Å². The van der Waals surface area contributed by atoms with Gasteiger partial charge in [0.05, 0.1) is 40.5 Å². The Hall–Kier alpha value is -3.13. The fourth-order valence-electron chi connectivity index (χ4n) is 2.86. The SMILES string of the molecule is CCNC(=NCC(O)c1cc(OC)cc(OC)c1)NCC(C)Oc1ccccc1OC. The molecular formula is C23H33N3O5.